The first-order chi connectivity index (χ1) is 9.56. The Balaban J connectivity index is 1.93. The lowest BCUT2D eigenvalue weighted by Gasteiger charge is -2.10. The van der Waals surface area contributed by atoms with Crippen LogP contribution in [-0.2, 0) is 0 Å². The first-order valence-corrected chi connectivity index (χ1v) is 7.58. The number of thiocarbonyl (C=S) groups is 1. The van der Waals surface area contributed by atoms with E-state index in [1.807, 2.05) is 31.2 Å². The van der Waals surface area contributed by atoms with Gasteiger partial charge < -0.3 is 5.32 Å². The van der Waals surface area contributed by atoms with E-state index in [1.165, 1.54) is 4.88 Å². The van der Waals surface area contributed by atoms with Gasteiger partial charge in [0.05, 0.1) is 6.21 Å². The van der Waals surface area contributed by atoms with Crippen molar-refractivity contribution in [2.45, 2.75) is 13.8 Å². The molecule has 20 heavy (non-hydrogen) atoms. The van der Waals surface area contributed by atoms with Crippen molar-refractivity contribution >= 4 is 52.2 Å². The number of hydrogen-bond donors (Lipinski definition) is 2. The molecule has 104 valence electrons. The van der Waals surface area contributed by atoms with E-state index in [0.29, 0.717) is 10.1 Å². The molecule has 1 heterocycles. The zero-order valence-electron chi connectivity index (χ0n) is 11.1. The predicted octanol–water partition coefficient (Wildman–Crippen LogP) is 4.34. The molecule has 6 heteroatoms. The molecule has 0 aliphatic heterocycles. The molecule has 0 radical (unpaired) electrons. The van der Waals surface area contributed by atoms with E-state index in [4.69, 9.17) is 23.8 Å². The summed E-state index contributed by atoms with van der Waals surface area (Å²) < 4.78 is 0. The first-order valence-electron chi connectivity index (χ1n) is 5.98. The summed E-state index contributed by atoms with van der Waals surface area (Å²) in [4.78, 5) is 2.33. The lowest BCUT2D eigenvalue weighted by molar-refractivity contribution is 1.05. The summed E-state index contributed by atoms with van der Waals surface area (Å²) in [5.74, 6) is 0. The normalized spacial score (nSPS) is 10.8. The maximum atomic E-state index is 6.05. The Morgan fingerprint density at radius 1 is 1.30 bits per heavy atom. The second kappa shape index (κ2) is 6.83. The van der Waals surface area contributed by atoms with Crippen LogP contribution in [0.2, 0.25) is 5.02 Å². The molecule has 1 aromatic carbocycles. The lowest BCUT2D eigenvalue weighted by atomic mass is 10.2. The Kier molecular flexibility index (Phi) is 5.11. The van der Waals surface area contributed by atoms with Crippen LogP contribution in [0.1, 0.15) is 15.3 Å². The highest BCUT2D eigenvalue weighted by Crippen LogP contribution is 2.22. The maximum Gasteiger partial charge on any atom is 0.191 e. The highest BCUT2D eigenvalue weighted by molar-refractivity contribution is 7.80. The number of nitrogens with zero attached hydrogens (tertiary/aromatic N) is 1. The Bertz CT molecular complexity index is 650. The summed E-state index contributed by atoms with van der Waals surface area (Å²) in [6.45, 7) is 3.99. The predicted molar refractivity (Wildman–Crippen MR) is 92.2 cm³/mol. The van der Waals surface area contributed by atoms with Crippen molar-refractivity contribution in [1.82, 2.24) is 5.43 Å². The van der Waals surface area contributed by atoms with E-state index in [0.717, 1.165) is 16.1 Å². The third kappa shape index (κ3) is 4.03. The maximum absolute atomic E-state index is 6.05. The summed E-state index contributed by atoms with van der Waals surface area (Å²) in [7, 11) is 0. The second-order valence-electron chi connectivity index (χ2n) is 4.18. The minimum absolute atomic E-state index is 0.430. The molecule has 0 saturated heterocycles. The highest BCUT2D eigenvalue weighted by atomic mass is 35.5. The number of nitrogens with one attached hydrogen (secondary N) is 2. The van der Waals surface area contributed by atoms with Gasteiger partial charge >= 0.3 is 0 Å². The number of hydrazone groups is 1. The van der Waals surface area contributed by atoms with E-state index in [1.54, 1.807) is 17.6 Å². The van der Waals surface area contributed by atoms with Crippen molar-refractivity contribution in [3.8, 4) is 0 Å². The minimum Gasteiger partial charge on any atom is -0.331 e. The SMILES string of the molecule is Cc1ccc(/C=N/NC(=S)Nc2cccc(Cl)c2C)s1. The molecule has 0 atom stereocenters. The van der Waals surface area contributed by atoms with Gasteiger partial charge in [0.2, 0.25) is 0 Å². The second-order valence-corrected chi connectivity index (χ2v) is 6.32. The van der Waals surface area contributed by atoms with Gasteiger partial charge in [-0.25, -0.2) is 0 Å². The van der Waals surface area contributed by atoms with Crippen LogP contribution < -0.4 is 10.7 Å². The van der Waals surface area contributed by atoms with E-state index in [2.05, 4.69) is 28.8 Å². The number of benzene rings is 1. The number of halogens is 1. The van der Waals surface area contributed by atoms with Crippen molar-refractivity contribution in [3.05, 3.63) is 50.7 Å². The third-order valence-electron chi connectivity index (χ3n) is 2.63. The van der Waals surface area contributed by atoms with Gasteiger partial charge in [0.1, 0.15) is 0 Å². The summed E-state index contributed by atoms with van der Waals surface area (Å²) in [5, 5.41) is 8.30. The molecule has 2 rings (SSSR count). The molecule has 2 aromatic rings. The first kappa shape index (κ1) is 15.0. The smallest absolute Gasteiger partial charge is 0.191 e. The molecular formula is C14H14ClN3S2. The molecular weight excluding hydrogens is 310 g/mol. The van der Waals surface area contributed by atoms with Crippen molar-refractivity contribution < 1.29 is 0 Å². The van der Waals surface area contributed by atoms with Crippen molar-refractivity contribution in [1.29, 1.82) is 0 Å². The monoisotopic (exact) mass is 323 g/mol. The number of aryl methyl sites for hydroxylation is 1. The van der Waals surface area contributed by atoms with Crippen LogP contribution in [0.15, 0.2) is 35.4 Å². The molecule has 0 amide bonds. The average Bonchev–Trinajstić information content (AvgIpc) is 2.81. The Labute approximate surface area is 132 Å². The summed E-state index contributed by atoms with van der Waals surface area (Å²) in [5.41, 5.74) is 4.62. The molecule has 0 spiro atoms. The fourth-order valence-corrected chi connectivity index (χ4v) is 2.66. The van der Waals surface area contributed by atoms with Gasteiger partial charge in [-0.3, -0.25) is 5.43 Å². The van der Waals surface area contributed by atoms with Gasteiger partial charge in [0.25, 0.3) is 0 Å². The Hall–Kier alpha value is -1.43. The molecule has 0 saturated carbocycles. The van der Waals surface area contributed by atoms with Crippen LogP contribution in [0.4, 0.5) is 5.69 Å². The van der Waals surface area contributed by atoms with Gasteiger partial charge in [0, 0.05) is 20.5 Å². The van der Waals surface area contributed by atoms with Crippen LogP contribution in [0, 0.1) is 13.8 Å². The topological polar surface area (TPSA) is 36.4 Å². The lowest BCUT2D eigenvalue weighted by Crippen LogP contribution is -2.24. The fourth-order valence-electron chi connectivity index (χ4n) is 1.57. The van der Waals surface area contributed by atoms with Gasteiger partial charge in [0.15, 0.2) is 5.11 Å². The molecule has 0 aliphatic rings. The number of rotatable bonds is 3. The molecule has 0 fully saturated rings. The van der Waals surface area contributed by atoms with Gasteiger partial charge in [-0.2, -0.15) is 5.10 Å². The zero-order chi connectivity index (χ0) is 14.5. The summed E-state index contributed by atoms with van der Waals surface area (Å²) >= 11 is 12.9. The largest absolute Gasteiger partial charge is 0.331 e. The van der Waals surface area contributed by atoms with E-state index < -0.39 is 0 Å². The van der Waals surface area contributed by atoms with E-state index in [-0.39, 0.29) is 0 Å². The summed E-state index contributed by atoms with van der Waals surface area (Å²) in [6.07, 6.45) is 1.75. The van der Waals surface area contributed by atoms with Crippen LogP contribution in [0.3, 0.4) is 0 Å². The molecule has 1 aromatic heterocycles. The Morgan fingerprint density at radius 3 is 2.80 bits per heavy atom. The van der Waals surface area contributed by atoms with Crippen molar-refractivity contribution in [2.75, 3.05) is 5.32 Å². The molecule has 0 unspecified atom stereocenters. The van der Waals surface area contributed by atoms with Gasteiger partial charge in [-0.1, -0.05) is 17.7 Å². The average molecular weight is 324 g/mol. The highest BCUT2D eigenvalue weighted by Gasteiger charge is 2.03. The number of thiophene rings is 1. The third-order valence-corrected chi connectivity index (χ3v) is 4.17. The Morgan fingerprint density at radius 2 is 2.10 bits per heavy atom. The van der Waals surface area contributed by atoms with E-state index >= 15 is 0 Å². The van der Waals surface area contributed by atoms with Crippen LogP contribution in [0.5, 0.6) is 0 Å². The molecule has 0 aliphatic carbocycles. The summed E-state index contributed by atoms with van der Waals surface area (Å²) in [6, 6.07) is 9.70. The molecule has 2 N–H and O–H groups in total. The van der Waals surface area contributed by atoms with Gasteiger partial charge in [-0.05, 0) is 55.9 Å². The van der Waals surface area contributed by atoms with Gasteiger partial charge in [-0.15, -0.1) is 11.3 Å². The van der Waals surface area contributed by atoms with Crippen LogP contribution in [0.25, 0.3) is 0 Å². The number of hydrogen-bond acceptors (Lipinski definition) is 3. The fraction of sp³-hybridized carbons (Fsp3) is 0.143. The quantitative estimate of drug-likeness (QED) is 0.501. The van der Waals surface area contributed by atoms with Crippen molar-refractivity contribution in [3.63, 3.8) is 0 Å². The number of anilines is 1. The minimum atomic E-state index is 0.430. The molecule has 0 bridgehead atoms. The standard InChI is InChI=1S/C14H14ClN3S2/c1-9-6-7-11(20-9)8-16-18-14(19)17-13-5-3-4-12(15)10(13)2/h3-8H,1-2H3,(H2,17,18,19)/b16-8+. The van der Waals surface area contributed by atoms with Crippen molar-refractivity contribution in [2.24, 2.45) is 5.10 Å². The molecule has 3 nitrogen and oxygen atoms in total. The zero-order valence-corrected chi connectivity index (χ0v) is 13.5. The van der Waals surface area contributed by atoms with Crippen LogP contribution >= 0.6 is 35.2 Å². The van der Waals surface area contributed by atoms with E-state index in [9.17, 15) is 0 Å². The van der Waals surface area contributed by atoms with Crippen LogP contribution in [-0.4, -0.2) is 11.3 Å².